The monoisotopic (exact) mass is 274 g/mol. The number of hydrogen-bond donors (Lipinski definition) is 3. The molecular weight excluding hydrogens is 264 g/mol. The number of nitrogens with zero attached hydrogens (tertiary/aromatic N) is 1. The number of thiazole rings is 1. The van der Waals surface area contributed by atoms with Crippen LogP contribution >= 0.6 is 11.3 Å². The highest BCUT2D eigenvalue weighted by Crippen LogP contribution is 2.19. The van der Waals surface area contributed by atoms with E-state index in [2.05, 4.69) is 19.9 Å². The number of hydrogen-bond acceptors (Lipinski definition) is 5. The van der Waals surface area contributed by atoms with Crippen molar-refractivity contribution in [2.75, 3.05) is 4.72 Å². The van der Waals surface area contributed by atoms with Crippen LogP contribution in [0.3, 0.4) is 0 Å². The Kier molecular flexibility index (Phi) is 2.79. The lowest BCUT2D eigenvalue weighted by Crippen LogP contribution is -2.12. The second-order valence-electron chi connectivity index (χ2n) is 3.47. The number of aryl methyl sites for hydroxylation is 2. The molecule has 92 valence electrons. The number of aromatic nitrogens is 3. The molecule has 0 radical (unpaired) electrons. The average molecular weight is 274 g/mol. The van der Waals surface area contributed by atoms with Gasteiger partial charge in [-0.15, -0.1) is 0 Å². The SMILES string of the molecule is Cc1cc(NS(=O)(=O)c2sc(=O)[nH]c2C)n[nH]1. The van der Waals surface area contributed by atoms with Gasteiger partial charge in [0.1, 0.15) is 0 Å². The molecule has 2 aromatic rings. The van der Waals surface area contributed by atoms with Gasteiger partial charge in [-0.05, 0) is 13.8 Å². The van der Waals surface area contributed by atoms with E-state index in [1.807, 2.05) is 0 Å². The topological polar surface area (TPSA) is 108 Å². The molecule has 0 spiro atoms. The molecule has 0 saturated heterocycles. The maximum Gasteiger partial charge on any atom is 0.306 e. The first-order valence-electron chi connectivity index (χ1n) is 4.63. The Morgan fingerprint density at radius 3 is 2.59 bits per heavy atom. The normalized spacial score (nSPS) is 11.6. The summed E-state index contributed by atoms with van der Waals surface area (Å²) >= 11 is 0.648. The van der Waals surface area contributed by atoms with Gasteiger partial charge in [-0.3, -0.25) is 14.6 Å². The maximum absolute atomic E-state index is 11.9. The van der Waals surface area contributed by atoms with E-state index in [9.17, 15) is 13.2 Å². The lowest BCUT2D eigenvalue weighted by atomic mass is 10.5. The van der Waals surface area contributed by atoms with E-state index in [0.29, 0.717) is 17.0 Å². The van der Waals surface area contributed by atoms with Crippen molar-refractivity contribution in [1.82, 2.24) is 15.2 Å². The van der Waals surface area contributed by atoms with Crippen molar-refractivity contribution in [2.24, 2.45) is 0 Å². The molecule has 2 rings (SSSR count). The van der Waals surface area contributed by atoms with Gasteiger partial charge in [0.15, 0.2) is 10.0 Å². The van der Waals surface area contributed by atoms with E-state index in [1.165, 1.54) is 6.92 Å². The van der Waals surface area contributed by atoms with E-state index < -0.39 is 14.9 Å². The summed E-state index contributed by atoms with van der Waals surface area (Å²) < 4.78 is 26.1. The summed E-state index contributed by atoms with van der Waals surface area (Å²) in [4.78, 5) is 13.1. The lowest BCUT2D eigenvalue weighted by Gasteiger charge is -2.02. The predicted octanol–water partition coefficient (Wildman–Crippen LogP) is 0.577. The van der Waals surface area contributed by atoms with E-state index in [-0.39, 0.29) is 10.0 Å². The van der Waals surface area contributed by atoms with Crippen LogP contribution in [0, 0.1) is 13.8 Å². The Morgan fingerprint density at radius 1 is 1.41 bits per heavy atom. The Bertz CT molecular complexity index is 694. The molecule has 0 aliphatic rings. The van der Waals surface area contributed by atoms with Gasteiger partial charge in [-0.1, -0.05) is 11.3 Å². The Morgan fingerprint density at radius 2 is 2.12 bits per heavy atom. The van der Waals surface area contributed by atoms with Gasteiger partial charge in [-0.25, -0.2) is 8.42 Å². The molecule has 0 unspecified atom stereocenters. The Labute approximate surface area is 101 Å². The van der Waals surface area contributed by atoms with E-state index >= 15 is 0 Å². The molecule has 7 nitrogen and oxygen atoms in total. The van der Waals surface area contributed by atoms with Gasteiger partial charge < -0.3 is 4.98 Å². The van der Waals surface area contributed by atoms with Crippen LogP contribution in [-0.2, 0) is 10.0 Å². The predicted molar refractivity (Wildman–Crippen MR) is 63.8 cm³/mol. The van der Waals surface area contributed by atoms with Crippen LogP contribution in [0.5, 0.6) is 0 Å². The number of sulfonamides is 1. The molecule has 0 amide bonds. The van der Waals surface area contributed by atoms with Gasteiger partial charge in [-0.2, -0.15) is 5.10 Å². The van der Waals surface area contributed by atoms with E-state index in [0.717, 1.165) is 5.69 Å². The smallest absolute Gasteiger partial charge is 0.306 e. The highest BCUT2D eigenvalue weighted by molar-refractivity contribution is 7.94. The Hall–Kier alpha value is -1.61. The first-order chi connectivity index (χ1) is 7.88. The second-order valence-corrected chi connectivity index (χ2v) is 6.33. The molecule has 0 fully saturated rings. The minimum Gasteiger partial charge on any atom is -0.315 e. The fourth-order valence-corrected chi connectivity index (χ4v) is 3.60. The van der Waals surface area contributed by atoms with Gasteiger partial charge in [0.25, 0.3) is 10.0 Å². The summed E-state index contributed by atoms with van der Waals surface area (Å²) in [5.74, 6) is 0.197. The van der Waals surface area contributed by atoms with Crippen LogP contribution in [0.15, 0.2) is 15.1 Å². The number of nitrogens with one attached hydrogen (secondary N) is 3. The van der Waals surface area contributed by atoms with Crippen molar-refractivity contribution in [3.05, 3.63) is 27.1 Å². The standard InChI is InChI=1S/C8H10N4O3S2/c1-4-3-6(11-10-4)12-17(14,15)7-5(2)9-8(13)16-7/h3H,1-2H3,(H,9,13)(H2,10,11,12). The first kappa shape index (κ1) is 11.9. The third kappa shape index (κ3) is 2.39. The highest BCUT2D eigenvalue weighted by Gasteiger charge is 2.21. The third-order valence-electron chi connectivity index (χ3n) is 1.97. The van der Waals surface area contributed by atoms with Crippen molar-refractivity contribution in [3.63, 3.8) is 0 Å². The third-order valence-corrected chi connectivity index (χ3v) is 4.93. The molecule has 2 aromatic heterocycles. The van der Waals surface area contributed by atoms with E-state index in [4.69, 9.17) is 0 Å². The molecule has 0 saturated carbocycles. The summed E-state index contributed by atoms with van der Waals surface area (Å²) in [6.07, 6.45) is 0. The van der Waals surface area contributed by atoms with Gasteiger partial charge in [0, 0.05) is 17.5 Å². The van der Waals surface area contributed by atoms with Crippen LogP contribution in [0.25, 0.3) is 0 Å². The van der Waals surface area contributed by atoms with E-state index in [1.54, 1.807) is 13.0 Å². The lowest BCUT2D eigenvalue weighted by molar-refractivity contribution is 0.602. The van der Waals surface area contributed by atoms with Crippen molar-refractivity contribution < 1.29 is 8.42 Å². The zero-order chi connectivity index (χ0) is 12.6. The van der Waals surface area contributed by atoms with Crippen LogP contribution in [0.4, 0.5) is 5.82 Å². The van der Waals surface area contributed by atoms with Crippen LogP contribution in [0.2, 0.25) is 0 Å². The molecule has 2 heterocycles. The molecule has 0 atom stereocenters. The van der Waals surface area contributed by atoms with Gasteiger partial charge >= 0.3 is 4.87 Å². The Balaban J connectivity index is 2.37. The molecule has 3 N–H and O–H groups in total. The molecule has 0 aliphatic carbocycles. The summed E-state index contributed by atoms with van der Waals surface area (Å²) in [5.41, 5.74) is 1.06. The molecule has 0 bridgehead atoms. The van der Waals surface area contributed by atoms with Crippen molar-refractivity contribution in [2.45, 2.75) is 18.1 Å². The molecule has 9 heteroatoms. The van der Waals surface area contributed by atoms with Crippen molar-refractivity contribution in [1.29, 1.82) is 0 Å². The molecular formula is C8H10N4O3S2. The zero-order valence-electron chi connectivity index (χ0n) is 9.07. The fourth-order valence-electron chi connectivity index (χ4n) is 1.30. The number of anilines is 1. The summed E-state index contributed by atoms with van der Waals surface area (Å²) in [5, 5.41) is 6.38. The first-order valence-corrected chi connectivity index (χ1v) is 6.93. The summed E-state index contributed by atoms with van der Waals surface area (Å²) in [6, 6.07) is 1.56. The van der Waals surface area contributed by atoms with Crippen LogP contribution < -0.4 is 9.60 Å². The number of aromatic amines is 2. The fraction of sp³-hybridized carbons (Fsp3) is 0.250. The van der Waals surface area contributed by atoms with Crippen LogP contribution in [-0.4, -0.2) is 23.6 Å². The highest BCUT2D eigenvalue weighted by atomic mass is 32.2. The number of rotatable bonds is 3. The zero-order valence-corrected chi connectivity index (χ0v) is 10.7. The molecule has 0 aliphatic heterocycles. The number of H-pyrrole nitrogens is 2. The molecule has 17 heavy (non-hydrogen) atoms. The summed E-state index contributed by atoms with van der Waals surface area (Å²) in [6.45, 7) is 3.28. The van der Waals surface area contributed by atoms with Crippen molar-refractivity contribution >= 4 is 27.2 Å². The maximum atomic E-state index is 11.9. The second kappa shape index (κ2) is 4.00. The van der Waals surface area contributed by atoms with Gasteiger partial charge in [0.2, 0.25) is 0 Å². The average Bonchev–Trinajstić information content (AvgIpc) is 2.72. The minimum atomic E-state index is -3.76. The minimum absolute atomic E-state index is 0.0249. The molecule has 0 aromatic carbocycles. The quantitative estimate of drug-likeness (QED) is 0.760. The largest absolute Gasteiger partial charge is 0.315 e. The van der Waals surface area contributed by atoms with Gasteiger partial charge in [0.05, 0.1) is 0 Å². The summed E-state index contributed by atoms with van der Waals surface area (Å²) in [7, 11) is -3.76. The van der Waals surface area contributed by atoms with Crippen LogP contribution in [0.1, 0.15) is 11.4 Å². The van der Waals surface area contributed by atoms with Crippen molar-refractivity contribution in [3.8, 4) is 0 Å².